The largest absolute Gasteiger partial charge is 0.486 e. The summed E-state index contributed by atoms with van der Waals surface area (Å²) in [6.07, 6.45) is 4.57. The molecule has 8 nitrogen and oxygen atoms in total. The first-order chi connectivity index (χ1) is 12.1. The van der Waals surface area contributed by atoms with Crippen LogP contribution in [-0.2, 0) is 4.74 Å². The summed E-state index contributed by atoms with van der Waals surface area (Å²) in [5.74, 6) is -0.185. The molecule has 1 aromatic heterocycles. The minimum Gasteiger partial charge on any atom is -0.486 e. The molecule has 1 aliphatic heterocycles. The monoisotopic (exact) mass is 342 g/mol. The minimum absolute atomic E-state index is 0.211. The Bertz CT molecular complexity index is 736. The highest BCUT2D eigenvalue weighted by Crippen LogP contribution is 2.19. The van der Waals surface area contributed by atoms with Crippen LogP contribution in [0, 0.1) is 0 Å². The number of nitrogens with zero attached hydrogens (tertiary/aromatic N) is 2. The van der Waals surface area contributed by atoms with E-state index in [9.17, 15) is 9.59 Å². The van der Waals surface area contributed by atoms with Crippen LogP contribution in [0.4, 0.5) is 0 Å². The van der Waals surface area contributed by atoms with E-state index >= 15 is 0 Å². The molecule has 2 amide bonds. The van der Waals surface area contributed by atoms with Gasteiger partial charge in [-0.3, -0.25) is 9.59 Å². The van der Waals surface area contributed by atoms with Crippen LogP contribution in [0.1, 0.15) is 27.1 Å². The summed E-state index contributed by atoms with van der Waals surface area (Å²) < 4.78 is 11.4. The van der Waals surface area contributed by atoms with Gasteiger partial charge in [-0.1, -0.05) is 0 Å². The Morgan fingerprint density at radius 2 is 1.88 bits per heavy atom. The molecule has 3 rings (SSSR count). The fraction of sp³-hybridized carbons (Fsp3) is 0.294. The number of hydrogen-bond donors (Lipinski definition) is 2. The Morgan fingerprint density at radius 3 is 2.56 bits per heavy atom. The van der Waals surface area contributed by atoms with Crippen molar-refractivity contribution in [3.63, 3.8) is 0 Å². The molecule has 8 heteroatoms. The van der Waals surface area contributed by atoms with Crippen molar-refractivity contribution in [1.82, 2.24) is 15.3 Å². The number of carbonyl (C=O) groups excluding carboxylic acids is 2. The molecular weight excluding hydrogens is 324 g/mol. The maximum Gasteiger partial charge on any atom is 0.254 e. The topological polar surface area (TPSA) is 116 Å². The molecule has 1 saturated heterocycles. The van der Waals surface area contributed by atoms with Crippen molar-refractivity contribution >= 4 is 11.8 Å². The lowest BCUT2D eigenvalue weighted by atomic mass is 10.1. The molecule has 3 N–H and O–H groups in total. The molecule has 1 fully saturated rings. The molecule has 0 aliphatic carbocycles. The average molecular weight is 342 g/mol. The summed E-state index contributed by atoms with van der Waals surface area (Å²) in [6.45, 7) is 0.893. The standard InChI is InChI=1S/C17H18N4O4/c18-16(22)11-1-3-13(4-2-11)25-15-9-24-6-5-14(15)21-17(23)12-7-19-10-20-8-12/h1-4,7-8,10,14-15H,5-6,9H2,(H2,18,22)(H,21,23)/t14-,15-/m1/s1. The van der Waals surface area contributed by atoms with Crippen LogP contribution in [0.3, 0.4) is 0 Å². The van der Waals surface area contributed by atoms with Crippen LogP contribution < -0.4 is 15.8 Å². The molecule has 25 heavy (non-hydrogen) atoms. The normalized spacial score (nSPS) is 19.8. The van der Waals surface area contributed by atoms with E-state index < -0.39 is 5.91 Å². The third-order valence-corrected chi connectivity index (χ3v) is 3.87. The smallest absolute Gasteiger partial charge is 0.254 e. The van der Waals surface area contributed by atoms with E-state index in [1.807, 2.05) is 0 Å². The third kappa shape index (κ3) is 4.30. The van der Waals surface area contributed by atoms with Gasteiger partial charge in [0.1, 0.15) is 18.2 Å². The van der Waals surface area contributed by atoms with Crippen LogP contribution >= 0.6 is 0 Å². The van der Waals surface area contributed by atoms with E-state index in [1.54, 1.807) is 24.3 Å². The number of aromatic nitrogens is 2. The Hall–Kier alpha value is -3.00. The molecule has 0 saturated carbocycles. The van der Waals surface area contributed by atoms with Crippen molar-refractivity contribution in [2.24, 2.45) is 5.73 Å². The van der Waals surface area contributed by atoms with E-state index in [0.717, 1.165) is 0 Å². The fourth-order valence-electron chi connectivity index (χ4n) is 2.53. The van der Waals surface area contributed by atoms with E-state index in [4.69, 9.17) is 15.2 Å². The highest BCUT2D eigenvalue weighted by Gasteiger charge is 2.29. The summed E-state index contributed by atoms with van der Waals surface area (Å²) in [5.41, 5.74) is 6.01. The van der Waals surface area contributed by atoms with Gasteiger partial charge < -0.3 is 20.5 Å². The van der Waals surface area contributed by atoms with Gasteiger partial charge >= 0.3 is 0 Å². The number of amides is 2. The second-order valence-electron chi connectivity index (χ2n) is 5.62. The summed E-state index contributed by atoms with van der Waals surface area (Å²) in [7, 11) is 0. The van der Waals surface area contributed by atoms with Gasteiger partial charge in [0, 0.05) is 24.6 Å². The lowest BCUT2D eigenvalue weighted by molar-refractivity contribution is -0.0135. The van der Waals surface area contributed by atoms with Gasteiger partial charge in [0.25, 0.3) is 5.91 Å². The lowest BCUT2D eigenvalue weighted by Gasteiger charge is -2.32. The number of carbonyl (C=O) groups is 2. The quantitative estimate of drug-likeness (QED) is 0.819. The highest BCUT2D eigenvalue weighted by atomic mass is 16.5. The number of hydrogen-bond acceptors (Lipinski definition) is 6. The van der Waals surface area contributed by atoms with Crippen molar-refractivity contribution < 1.29 is 19.1 Å². The van der Waals surface area contributed by atoms with Crippen LogP contribution in [0.25, 0.3) is 0 Å². The number of rotatable bonds is 5. The average Bonchev–Trinajstić information content (AvgIpc) is 2.64. The Labute approximate surface area is 144 Å². The summed E-state index contributed by atoms with van der Waals surface area (Å²) in [6, 6.07) is 6.31. The Kier molecular flexibility index (Phi) is 5.20. The van der Waals surface area contributed by atoms with Crippen LogP contribution in [0.15, 0.2) is 43.0 Å². The van der Waals surface area contributed by atoms with Gasteiger partial charge in [0.05, 0.1) is 18.2 Å². The first-order valence-corrected chi connectivity index (χ1v) is 7.83. The van der Waals surface area contributed by atoms with Gasteiger partial charge in [-0.05, 0) is 30.7 Å². The van der Waals surface area contributed by atoms with E-state index in [2.05, 4.69) is 15.3 Å². The zero-order valence-electron chi connectivity index (χ0n) is 13.4. The summed E-state index contributed by atoms with van der Waals surface area (Å²) in [5, 5.41) is 2.94. The van der Waals surface area contributed by atoms with Crippen molar-refractivity contribution in [3.8, 4) is 5.75 Å². The molecular formula is C17H18N4O4. The number of nitrogens with two attached hydrogens (primary N) is 1. The summed E-state index contributed by atoms with van der Waals surface area (Å²) >= 11 is 0. The van der Waals surface area contributed by atoms with Crippen LogP contribution in [-0.4, -0.2) is 47.1 Å². The second-order valence-corrected chi connectivity index (χ2v) is 5.62. The molecule has 2 heterocycles. The zero-order chi connectivity index (χ0) is 17.6. The van der Waals surface area contributed by atoms with Crippen molar-refractivity contribution in [2.45, 2.75) is 18.6 Å². The number of nitrogens with one attached hydrogen (secondary N) is 1. The molecule has 0 unspecified atom stereocenters. The van der Waals surface area contributed by atoms with E-state index in [-0.39, 0.29) is 18.1 Å². The molecule has 130 valence electrons. The second kappa shape index (κ2) is 7.71. The Balaban J connectivity index is 1.66. The maximum absolute atomic E-state index is 12.3. The fourth-order valence-corrected chi connectivity index (χ4v) is 2.53. The predicted octanol–water partition coefficient (Wildman–Crippen LogP) is 0.542. The third-order valence-electron chi connectivity index (χ3n) is 3.87. The SMILES string of the molecule is NC(=O)c1ccc(O[C@@H]2COCC[C@H]2NC(=O)c2cncnc2)cc1. The van der Waals surface area contributed by atoms with Gasteiger partial charge in [-0.15, -0.1) is 0 Å². The van der Waals surface area contributed by atoms with Crippen molar-refractivity contribution in [2.75, 3.05) is 13.2 Å². The zero-order valence-corrected chi connectivity index (χ0v) is 13.4. The number of ether oxygens (including phenoxy) is 2. The van der Waals surface area contributed by atoms with Crippen LogP contribution in [0.5, 0.6) is 5.75 Å². The van der Waals surface area contributed by atoms with E-state index in [0.29, 0.717) is 36.5 Å². The molecule has 1 aliphatic rings. The van der Waals surface area contributed by atoms with Crippen molar-refractivity contribution in [3.05, 3.63) is 54.1 Å². The predicted molar refractivity (Wildman–Crippen MR) is 88.1 cm³/mol. The molecule has 1 aromatic carbocycles. The lowest BCUT2D eigenvalue weighted by Crippen LogP contribution is -2.51. The van der Waals surface area contributed by atoms with Gasteiger partial charge in [-0.25, -0.2) is 9.97 Å². The molecule has 0 radical (unpaired) electrons. The molecule has 2 aromatic rings. The van der Waals surface area contributed by atoms with E-state index in [1.165, 1.54) is 18.7 Å². The number of benzene rings is 1. The molecule has 2 atom stereocenters. The number of primary amides is 1. The first-order valence-electron chi connectivity index (χ1n) is 7.83. The summed E-state index contributed by atoms with van der Waals surface area (Å²) in [4.78, 5) is 31.1. The van der Waals surface area contributed by atoms with Gasteiger partial charge in [-0.2, -0.15) is 0 Å². The van der Waals surface area contributed by atoms with Gasteiger partial charge in [0.2, 0.25) is 5.91 Å². The minimum atomic E-state index is -0.497. The maximum atomic E-state index is 12.3. The molecule has 0 bridgehead atoms. The first kappa shape index (κ1) is 16.8. The van der Waals surface area contributed by atoms with Crippen molar-refractivity contribution in [1.29, 1.82) is 0 Å². The van der Waals surface area contributed by atoms with Gasteiger partial charge in [0.15, 0.2) is 0 Å². The Morgan fingerprint density at radius 1 is 1.16 bits per heavy atom. The van der Waals surface area contributed by atoms with Crippen LogP contribution in [0.2, 0.25) is 0 Å². The molecule has 0 spiro atoms. The highest BCUT2D eigenvalue weighted by molar-refractivity contribution is 5.94.